The van der Waals surface area contributed by atoms with Gasteiger partial charge in [0.2, 0.25) is 15.0 Å². The number of hydrogen-bond acceptors (Lipinski definition) is 7. The van der Waals surface area contributed by atoms with E-state index >= 15 is 0 Å². The first-order chi connectivity index (χ1) is 14.5. The number of nitrogens with zero attached hydrogens (tertiary/aromatic N) is 4. The number of aryl methyl sites for hydroxylation is 2. The number of sulfone groups is 1. The molecule has 31 heavy (non-hydrogen) atoms. The summed E-state index contributed by atoms with van der Waals surface area (Å²) in [5.74, 6) is -0.685. The summed E-state index contributed by atoms with van der Waals surface area (Å²) in [5.41, 5.74) is 5.83. The molecule has 2 aromatic heterocycles. The standard InChI is InChI=1S/C21H21N5O3S2/c1-12-7-6-8-18(14(12)3)26-13(2)9-16(15(26)4)10-17(11-22)19(27)23-20-24-21(25-30-20)31(5,28)29/h6-10H,1-5H3,(H,23,24,25,27)/b17-10-. The number of aromatic nitrogens is 3. The van der Waals surface area contributed by atoms with Gasteiger partial charge >= 0.3 is 0 Å². The summed E-state index contributed by atoms with van der Waals surface area (Å²) in [5, 5.41) is 11.6. The lowest BCUT2D eigenvalue weighted by atomic mass is 10.1. The number of benzene rings is 1. The van der Waals surface area contributed by atoms with Crippen LogP contribution in [0.4, 0.5) is 5.13 Å². The fraction of sp³-hybridized carbons (Fsp3) is 0.238. The molecule has 1 N–H and O–H groups in total. The molecule has 3 aromatic rings. The van der Waals surface area contributed by atoms with Gasteiger partial charge in [0.05, 0.1) is 0 Å². The zero-order valence-electron chi connectivity index (χ0n) is 17.7. The van der Waals surface area contributed by atoms with E-state index in [-0.39, 0.29) is 15.9 Å². The quantitative estimate of drug-likeness (QED) is 0.465. The lowest BCUT2D eigenvalue weighted by molar-refractivity contribution is -0.112. The summed E-state index contributed by atoms with van der Waals surface area (Å²) in [7, 11) is -3.58. The Bertz CT molecular complexity index is 1360. The zero-order valence-corrected chi connectivity index (χ0v) is 19.3. The Balaban J connectivity index is 1.94. The van der Waals surface area contributed by atoms with Crippen LogP contribution < -0.4 is 5.32 Å². The minimum absolute atomic E-state index is 0.00688. The molecule has 0 saturated heterocycles. The number of anilines is 1. The van der Waals surface area contributed by atoms with E-state index in [1.807, 2.05) is 38.1 Å². The summed E-state index contributed by atoms with van der Waals surface area (Å²) >= 11 is 0.736. The van der Waals surface area contributed by atoms with Crippen LogP contribution >= 0.6 is 11.5 Å². The number of hydrogen-bond donors (Lipinski definition) is 1. The Morgan fingerprint density at radius 1 is 1.26 bits per heavy atom. The third-order valence-corrected chi connectivity index (χ3v) is 6.50. The highest BCUT2D eigenvalue weighted by Gasteiger charge is 2.19. The van der Waals surface area contributed by atoms with Crippen molar-refractivity contribution in [3.63, 3.8) is 0 Å². The summed E-state index contributed by atoms with van der Waals surface area (Å²) in [6.07, 6.45) is 2.49. The van der Waals surface area contributed by atoms with Crippen molar-refractivity contribution < 1.29 is 13.2 Å². The van der Waals surface area contributed by atoms with Gasteiger partial charge in [0, 0.05) is 34.9 Å². The molecule has 0 aliphatic rings. The summed E-state index contributed by atoms with van der Waals surface area (Å²) < 4.78 is 28.8. The summed E-state index contributed by atoms with van der Waals surface area (Å²) in [6, 6.07) is 9.89. The van der Waals surface area contributed by atoms with Gasteiger partial charge in [0.25, 0.3) is 11.1 Å². The fourth-order valence-corrected chi connectivity index (χ4v) is 4.60. The molecule has 0 fully saturated rings. The van der Waals surface area contributed by atoms with Crippen LogP contribution in [0.15, 0.2) is 35.0 Å². The molecule has 0 aliphatic carbocycles. The summed E-state index contributed by atoms with van der Waals surface area (Å²) in [6.45, 7) is 8.00. The highest BCUT2D eigenvalue weighted by atomic mass is 32.2. The van der Waals surface area contributed by atoms with Crippen LogP contribution in [0.2, 0.25) is 0 Å². The fourth-order valence-electron chi connectivity index (χ4n) is 3.16. The first-order valence-electron chi connectivity index (χ1n) is 9.25. The zero-order chi connectivity index (χ0) is 22.9. The average molecular weight is 456 g/mol. The molecular formula is C21H21N5O3S2. The number of rotatable bonds is 5. The molecule has 1 amide bonds. The minimum atomic E-state index is -3.58. The first-order valence-corrected chi connectivity index (χ1v) is 11.9. The minimum Gasteiger partial charge on any atom is -0.318 e. The van der Waals surface area contributed by atoms with Gasteiger partial charge in [0.1, 0.15) is 11.6 Å². The normalized spacial score (nSPS) is 11.9. The van der Waals surface area contributed by atoms with Crippen LogP contribution in [0.5, 0.6) is 0 Å². The summed E-state index contributed by atoms with van der Waals surface area (Å²) in [4.78, 5) is 16.3. The van der Waals surface area contributed by atoms with Crippen LogP contribution in [0.1, 0.15) is 28.1 Å². The van der Waals surface area contributed by atoms with E-state index in [1.165, 1.54) is 11.6 Å². The molecule has 0 radical (unpaired) electrons. The SMILES string of the molecule is Cc1cccc(-n2c(C)cc(/C=C(/C#N)C(=O)Nc3nc(S(C)(=O)=O)ns3)c2C)c1C. The van der Waals surface area contributed by atoms with Crippen LogP contribution in [0, 0.1) is 39.0 Å². The van der Waals surface area contributed by atoms with Crippen molar-refractivity contribution in [2.75, 3.05) is 11.6 Å². The van der Waals surface area contributed by atoms with E-state index in [9.17, 15) is 18.5 Å². The molecule has 0 aliphatic heterocycles. The molecule has 0 unspecified atom stereocenters. The van der Waals surface area contributed by atoms with Crippen molar-refractivity contribution in [3.8, 4) is 11.8 Å². The Hall–Kier alpha value is -3.29. The van der Waals surface area contributed by atoms with Gasteiger partial charge in [0.15, 0.2) is 0 Å². The molecule has 3 rings (SSSR count). The number of nitrogens with one attached hydrogen (secondary N) is 1. The van der Waals surface area contributed by atoms with Crippen LogP contribution in [0.3, 0.4) is 0 Å². The van der Waals surface area contributed by atoms with Crippen molar-refractivity contribution in [3.05, 3.63) is 57.9 Å². The van der Waals surface area contributed by atoms with Crippen molar-refractivity contribution in [2.45, 2.75) is 32.9 Å². The Labute approximate surface area is 185 Å². The van der Waals surface area contributed by atoms with Crippen LogP contribution in [-0.2, 0) is 14.6 Å². The predicted octanol–water partition coefficient (Wildman–Crippen LogP) is 3.51. The lowest BCUT2D eigenvalue weighted by Crippen LogP contribution is -2.13. The molecule has 1 aromatic carbocycles. The monoisotopic (exact) mass is 455 g/mol. The predicted molar refractivity (Wildman–Crippen MR) is 120 cm³/mol. The van der Waals surface area contributed by atoms with E-state index < -0.39 is 15.7 Å². The first kappa shape index (κ1) is 22.4. The van der Waals surface area contributed by atoms with Crippen molar-refractivity contribution in [1.29, 1.82) is 5.26 Å². The van der Waals surface area contributed by atoms with Gasteiger partial charge in [-0.1, -0.05) is 12.1 Å². The molecule has 0 bridgehead atoms. The number of carbonyl (C=O) groups excluding carboxylic acids is 1. The Morgan fingerprint density at radius 3 is 2.58 bits per heavy atom. The maximum absolute atomic E-state index is 12.6. The highest BCUT2D eigenvalue weighted by Crippen LogP contribution is 2.26. The molecular weight excluding hydrogens is 434 g/mol. The maximum Gasteiger partial charge on any atom is 0.268 e. The van der Waals surface area contributed by atoms with Crippen molar-refractivity contribution >= 4 is 38.5 Å². The third kappa shape index (κ3) is 4.57. The van der Waals surface area contributed by atoms with Gasteiger partial charge < -0.3 is 4.57 Å². The van der Waals surface area contributed by atoms with Crippen molar-refractivity contribution in [1.82, 2.24) is 13.9 Å². The smallest absolute Gasteiger partial charge is 0.268 e. The number of amides is 1. The van der Waals surface area contributed by atoms with E-state index in [0.717, 1.165) is 46.0 Å². The number of carbonyl (C=O) groups is 1. The largest absolute Gasteiger partial charge is 0.318 e. The highest BCUT2D eigenvalue weighted by molar-refractivity contribution is 7.90. The second-order valence-electron chi connectivity index (χ2n) is 7.16. The lowest BCUT2D eigenvalue weighted by Gasteiger charge is -2.14. The molecule has 2 heterocycles. The maximum atomic E-state index is 12.6. The molecule has 0 saturated carbocycles. The van der Waals surface area contributed by atoms with Crippen LogP contribution in [0.25, 0.3) is 11.8 Å². The van der Waals surface area contributed by atoms with Crippen molar-refractivity contribution in [2.24, 2.45) is 0 Å². The van der Waals surface area contributed by atoms with Gasteiger partial charge in [-0.15, -0.1) is 0 Å². The molecule has 10 heteroatoms. The van der Waals surface area contributed by atoms with Gasteiger partial charge in [-0.2, -0.15) is 14.6 Å². The van der Waals surface area contributed by atoms with E-state index in [2.05, 4.69) is 39.2 Å². The van der Waals surface area contributed by atoms with Crippen LogP contribution in [-0.4, -0.2) is 34.5 Å². The molecule has 8 nitrogen and oxygen atoms in total. The third-order valence-electron chi connectivity index (χ3n) is 4.91. The van der Waals surface area contributed by atoms with Gasteiger partial charge in [-0.3, -0.25) is 10.1 Å². The topological polar surface area (TPSA) is 118 Å². The number of nitriles is 1. The molecule has 160 valence electrons. The Morgan fingerprint density at radius 2 is 1.97 bits per heavy atom. The van der Waals surface area contributed by atoms with E-state index in [4.69, 9.17) is 0 Å². The second kappa shape index (κ2) is 8.45. The average Bonchev–Trinajstić information content (AvgIpc) is 3.27. The molecule has 0 atom stereocenters. The van der Waals surface area contributed by atoms with Gasteiger partial charge in [-0.05, 0) is 62.6 Å². The second-order valence-corrected chi connectivity index (χ2v) is 9.82. The van der Waals surface area contributed by atoms with E-state index in [0.29, 0.717) is 0 Å². The van der Waals surface area contributed by atoms with Gasteiger partial charge in [-0.25, -0.2) is 8.42 Å². The Kier molecular flexibility index (Phi) is 6.10. The van der Waals surface area contributed by atoms with E-state index in [1.54, 1.807) is 0 Å². The molecule has 0 spiro atoms.